The van der Waals surface area contributed by atoms with Gasteiger partial charge in [-0.15, -0.1) is 5.10 Å². The summed E-state index contributed by atoms with van der Waals surface area (Å²) < 4.78 is 0. The Balaban J connectivity index is 1.84. The molecule has 0 radical (unpaired) electrons. The third-order valence-corrected chi connectivity index (χ3v) is 4.52. The molecule has 2 aromatic rings. The number of thioether (sulfide) groups is 1. The van der Waals surface area contributed by atoms with E-state index in [1.54, 1.807) is 0 Å². The van der Waals surface area contributed by atoms with Gasteiger partial charge in [0, 0.05) is 11.6 Å². The first kappa shape index (κ1) is 19.0. The third kappa shape index (κ3) is 5.90. The monoisotopic (exact) mass is 361 g/mol. The lowest BCUT2D eigenvalue weighted by molar-refractivity contribution is -0.117. The molecule has 0 fully saturated rings. The van der Waals surface area contributed by atoms with Crippen LogP contribution in [0.3, 0.4) is 0 Å². The molecule has 1 aromatic heterocycles. The van der Waals surface area contributed by atoms with Gasteiger partial charge in [0.15, 0.2) is 5.82 Å². The number of aromatic nitrogens is 3. The number of aryl methyl sites for hydroxylation is 1. The number of H-pyrrole nitrogens is 1. The highest BCUT2D eigenvalue weighted by Gasteiger charge is 2.12. The number of nitrogens with zero attached hydrogens (tertiary/aromatic N) is 2. The zero-order chi connectivity index (χ0) is 18.2. The second-order valence-electron chi connectivity index (χ2n) is 5.64. The van der Waals surface area contributed by atoms with Crippen LogP contribution >= 0.6 is 11.8 Å². The summed E-state index contributed by atoms with van der Waals surface area (Å²) in [5.41, 5.74) is 2.19. The van der Waals surface area contributed by atoms with Gasteiger partial charge < -0.3 is 5.32 Å². The molecule has 8 heteroatoms. The van der Waals surface area contributed by atoms with E-state index in [0.29, 0.717) is 11.0 Å². The highest BCUT2D eigenvalue weighted by atomic mass is 32.2. The number of carbonyl (C=O) groups excluding carboxylic acids is 2. The molecule has 0 aliphatic rings. The number of rotatable bonds is 7. The van der Waals surface area contributed by atoms with E-state index < -0.39 is 6.03 Å². The predicted octanol–water partition coefficient (Wildman–Crippen LogP) is 2.75. The van der Waals surface area contributed by atoms with Crippen LogP contribution in [-0.4, -0.2) is 38.9 Å². The maximum absolute atomic E-state index is 11.8. The second kappa shape index (κ2) is 9.22. The smallest absolute Gasteiger partial charge is 0.321 e. The zero-order valence-electron chi connectivity index (χ0n) is 14.6. The molecule has 2 rings (SSSR count). The molecule has 25 heavy (non-hydrogen) atoms. The van der Waals surface area contributed by atoms with Crippen molar-refractivity contribution in [3.63, 3.8) is 0 Å². The normalized spacial score (nSPS) is 11.8. The number of amides is 3. The maximum Gasteiger partial charge on any atom is 0.321 e. The molecule has 1 atom stereocenters. The van der Waals surface area contributed by atoms with Crippen LogP contribution in [0.2, 0.25) is 0 Å². The van der Waals surface area contributed by atoms with E-state index in [1.165, 1.54) is 17.3 Å². The molecular weight excluding hydrogens is 338 g/mol. The second-order valence-corrected chi connectivity index (χ2v) is 6.58. The Bertz CT molecular complexity index is 714. The summed E-state index contributed by atoms with van der Waals surface area (Å²) in [7, 11) is 0. The first-order chi connectivity index (χ1) is 12.0. The van der Waals surface area contributed by atoms with Crippen LogP contribution in [0.25, 0.3) is 11.4 Å². The molecule has 0 bridgehead atoms. The van der Waals surface area contributed by atoms with Crippen LogP contribution < -0.4 is 10.6 Å². The van der Waals surface area contributed by atoms with Crippen molar-refractivity contribution >= 4 is 23.7 Å². The van der Waals surface area contributed by atoms with Gasteiger partial charge >= 0.3 is 6.03 Å². The summed E-state index contributed by atoms with van der Waals surface area (Å²) in [4.78, 5) is 27.7. The summed E-state index contributed by atoms with van der Waals surface area (Å²) in [6.45, 7) is 5.94. The van der Waals surface area contributed by atoms with Crippen molar-refractivity contribution in [2.45, 2.75) is 44.8 Å². The Morgan fingerprint density at radius 3 is 2.60 bits per heavy atom. The molecule has 1 heterocycles. The van der Waals surface area contributed by atoms with E-state index in [4.69, 9.17) is 0 Å². The fraction of sp³-hybridized carbons (Fsp3) is 0.412. The minimum absolute atomic E-state index is 0.0233. The standard InChI is InChI=1S/C17H23N5O2S/c1-4-11(3)18-16(24)19-14(23)10-25-17-20-15(21-22-17)13-8-6-12(5-2)7-9-13/h6-9,11H,4-5,10H2,1-3H3,(H,20,21,22)(H2,18,19,23,24)/t11-/m1/s1. The first-order valence-electron chi connectivity index (χ1n) is 8.26. The minimum Gasteiger partial charge on any atom is -0.335 e. The molecule has 1 aromatic carbocycles. The van der Waals surface area contributed by atoms with E-state index in [-0.39, 0.29) is 17.7 Å². The molecule has 0 saturated carbocycles. The van der Waals surface area contributed by atoms with Gasteiger partial charge in [-0.1, -0.05) is 49.9 Å². The van der Waals surface area contributed by atoms with Crippen LogP contribution in [0.15, 0.2) is 29.4 Å². The Kier molecular flexibility index (Phi) is 7.00. The third-order valence-electron chi connectivity index (χ3n) is 3.68. The zero-order valence-corrected chi connectivity index (χ0v) is 15.4. The quantitative estimate of drug-likeness (QED) is 0.659. The highest BCUT2D eigenvalue weighted by molar-refractivity contribution is 7.99. The molecule has 0 spiro atoms. The van der Waals surface area contributed by atoms with E-state index in [2.05, 4.69) is 32.7 Å². The summed E-state index contributed by atoms with van der Waals surface area (Å²) in [6, 6.07) is 7.61. The molecule has 7 nitrogen and oxygen atoms in total. The number of carbonyl (C=O) groups is 2. The number of nitrogens with one attached hydrogen (secondary N) is 3. The van der Waals surface area contributed by atoms with Crippen molar-refractivity contribution < 1.29 is 9.59 Å². The predicted molar refractivity (Wildman–Crippen MR) is 98.3 cm³/mol. The van der Waals surface area contributed by atoms with Crippen LogP contribution in [0.1, 0.15) is 32.8 Å². The summed E-state index contributed by atoms with van der Waals surface area (Å²) >= 11 is 1.17. The minimum atomic E-state index is -0.480. The molecule has 3 amide bonds. The fourth-order valence-electron chi connectivity index (χ4n) is 1.99. The molecule has 0 aliphatic carbocycles. The number of benzene rings is 1. The number of aromatic amines is 1. The molecular formula is C17H23N5O2S. The van der Waals surface area contributed by atoms with Gasteiger partial charge in [-0.2, -0.15) is 0 Å². The highest BCUT2D eigenvalue weighted by Crippen LogP contribution is 2.19. The van der Waals surface area contributed by atoms with Crippen LogP contribution in [0.4, 0.5) is 4.79 Å². The van der Waals surface area contributed by atoms with Gasteiger partial charge in [-0.25, -0.2) is 9.78 Å². The van der Waals surface area contributed by atoms with Gasteiger partial charge in [-0.3, -0.25) is 15.2 Å². The number of hydrogen-bond donors (Lipinski definition) is 3. The largest absolute Gasteiger partial charge is 0.335 e. The average Bonchev–Trinajstić information content (AvgIpc) is 3.08. The van der Waals surface area contributed by atoms with Gasteiger partial charge in [0.1, 0.15) is 0 Å². The SMILES string of the molecule is CCc1ccc(-c2nc(SCC(=O)NC(=O)N[C@H](C)CC)n[nH]2)cc1. The van der Waals surface area contributed by atoms with E-state index >= 15 is 0 Å². The Hall–Kier alpha value is -2.35. The first-order valence-corrected chi connectivity index (χ1v) is 9.25. The van der Waals surface area contributed by atoms with E-state index in [1.807, 2.05) is 38.1 Å². The Morgan fingerprint density at radius 2 is 1.96 bits per heavy atom. The van der Waals surface area contributed by atoms with Crippen molar-refractivity contribution in [3.05, 3.63) is 29.8 Å². The van der Waals surface area contributed by atoms with Crippen molar-refractivity contribution in [2.75, 3.05) is 5.75 Å². The van der Waals surface area contributed by atoms with Gasteiger partial charge in [0.2, 0.25) is 11.1 Å². The summed E-state index contributed by atoms with van der Waals surface area (Å²) in [6.07, 6.45) is 1.78. The number of imide groups is 1. The summed E-state index contributed by atoms with van der Waals surface area (Å²) in [5.74, 6) is 0.338. The topological polar surface area (TPSA) is 99.8 Å². The average molecular weight is 361 g/mol. The molecule has 0 unspecified atom stereocenters. The maximum atomic E-state index is 11.8. The lowest BCUT2D eigenvalue weighted by Crippen LogP contribution is -2.43. The van der Waals surface area contributed by atoms with Gasteiger partial charge in [0.05, 0.1) is 5.75 Å². The fourth-order valence-corrected chi connectivity index (χ4v) is 2.59. The van der Waals surface area contributed by atoms with Gasteiger partial charge in [-0.05, 0) is 25.3 Å². The van der Waals surface area contributed by atoms with E-state index in [9.17, 15) is 9.59 Å². The molecule has 134 valence electrons. The van der Waals surface area contributed by atoms with Crippen LogP contribution in [0, 0.1) is 0 Å². The number of urea groups is 1. The number of hydrogen-bond acceptors (Lipinski definition) is 5. The molecule has 0 aliphatic heterocycles. The van der Waals surface area contributed by atoms with Crippen LogP contribution in [0.5, 0.6) is 0 Å². The van der Waals surface area contributed by atoms with Crippen molar-refractivity contribution in [1.29, 1.82) is 0 Å². The molecule has 3 N–H and O–H groups in total. The van der Waals surface area contributed by atoms with Crippen LogP contribution in [-0.2, 0) is 11.2 Å². The van der Waals surface area contributed by atoms with Crippen molar-refractivity contribution in [1.82, 2.24) is 25.8 Å². The summed E-state index contributed by atoms with van der Waals surface area (Å²) in [5, 5.41) is 12.4. The lowest BCUT2D eigenvalue weighted by atomic mass is 10.1. The van der Waals surface area contributed by atoms with E-state index in [0.717, 1.165) is 18.4 Å². The lowest BCUT2D eigenvalue weighted by Gasteiger charge is -2.11. The Morgan fingerprint density at radius 1 is 1.24 bits per heavy atom. The molecule has 0 saturated heterocycles. The van der Waals surface area contributed by atoms with Gasteiger partial charge in [0.25, 0.3) is 0 Å². The van der Waals surface area contributed by atoms with Crippen molar-refractivity contribution in [2.24, 2.45) is 0 Å². The van der Waals surface area contributed by atoms with Crippen molar-refractivity contribution in [3.8, 4) is 11.4 Å². The Labute approximate surface area is 151 Å².